The van der Waals surface area contributed by atoms with Crippen LogP contribution in [0.2, 0.25) is 0 Å². The third-order valence-corrected chi connectivity index (χ3v) is 5.08. The van der Waals surface area contributed by atoms with E-state index in [1.807, 2.05) is 65.0 Å². The molecular formula is C24H33N3O4. The van der Waals surface area contributed by atoms with Crippen molar-refractivity contribution in [1.29, 1.82) is 0 Å². The van der Waals surface area contributed by atoms with Gasteiger partial charge in [0.05, 0.1) is 5.52 Å². The average molecular weight is 428 g/mol. The van der Waals surface area contributed by atoms with Gasteiger partial charge in [0.1, 0.15) is 18.0 Å². The van der Waals surface area contributed by atoms with E-state index in [-0.39, 0.29) is 23.8 Å². The summed E-state index contributed by atoms with van der Waals surface area (Å²) in [7, 11) is 0. The molecule has 0 aliphatic carbocycles. The van der Waals surface area contributed by atoms with Gasteiger partial charge in [0.2, 0.25) is 5.78 Å². The van der Waals surface area contributed by atoms with Gasteiger partial charge >= 0.3 is 6.09 Å². The lowest BCUT2D eigenvalue weighted by Gasteiger charge is -2.26. The Hall–Kier alpha value is -2.96. The van der Waals surface area contributed by atoms with Crippen molar-refractivity contribution < 1.29 is 19.1 Å². The van der Waals surface area contributed by atoms with Crippen LogP contribution >= 0.6 is 0 Å². The fraction of sp³-hybridized carbons (Fsp3) is 0.500. The summed E-state index contributed by atoms with van der Waals surface area (Å²) in [5.74, 6) is -0.969. The number of anilines is 1. The summed E-state index contributed by atoms with van der Waals surface area (Å²) >= 11 is 0. The molecule has 0 spiro atoms. The number of para-hydroxylation sites is 1. The second kappa shape index (κ2) is 11.4. The van der Waals surface area contributed by atoms with Gasteiger partial charge in [-0.2, -0.15) is 0 Å². The quantitative estimate of drug-likeness (QED) is 0.535. The summed E-state index contributed by atoms with van der Waals surface area (Å²) in [6, 6.07) is 10.0. The number of unbranched alkanes of at least 4 members (excludes halogenated alkanes) is 1. The topological polar surface area (TPSA) is 97.4 Å². The highest BCUT2D eigenvalue weighted by molar-refractivity contribution is 6.42. The largest absolute Gasteiger partial charge is 0.446 e. The number of aromatic nitrogens is 1. The van der Waals surface area contributed by atoms with Gasteiger partial charge in [0, 0.05) is 5.39 Å². The number of ether oxygens (including phenoxy) is 1. The molecule has 0 bridgehead atoms. The molecule has 2 N–H and O–H groups in total. The molecule has 1 aromatic heterocycles. The average Bonchev–Trinajstić information content (AvgIpc) is 2.73. The Morgan fingerprint density at radius 1 is 1.00 bits per heavy atom. The van der Waals surface area contributed by atoms with E-state index >= 15 is 0 Å². The number of amides is 2. The molecule has 31 heavy (non-hydrogen) atoms. The van der Waals surface area contributed by atoms with Crippen LogP contribution in [-0.2, 0) is 14.3 Å². The van der Waals surface area contributed by atoms with E-state index in [0.29, 0.717) is 18.4 Å². The Morgan fingerprint density at radius 2 is 1.68 bits per heavy atom. The molecule has 2 rings (SSSR count). The van der Waals surface area contributed by atoms with Crippen LogP contribution in [0.4, 0.5) is 10.6 Å². The van der Waals surface area contributed by atoms with Crippen LogP contribution < -0.4 is 10.6 Å². The highest BCUT2D eigenvalue weighted by Gasteiger charge is 2.29. The zero-order valence-electron chi connectivity index (χ0n) is 19.0. The summed E-state index contributed by atoms with van der Waals surface area (Å²) in [5, 5.41) is 6.08. The van der Waals surface area contributed by atoms with E-state index in [0.717, 1.165) is 11.8 Å². The highest BCUT2D eigenvalue weighted by Crippen LogP contribution is 2.17. The zero-order valence-corrected chi connectivity index (χ0v) is 19.0. The lowest BCUT2D eigenvalue weighted by atomic mass is 9.96. The third kappa shape index (κ3) is 7.05. The SMILES string of the molecule is CCCC[C@H](NC(=O)OC(C(C)C)C(C)C)C(=O)C(=O)Nc1ccc2ccccc2n1. The maximum atomic E-state index is 12.8. The van der Waals surface area contributed by atoms with Crippen LogP contribution in [0.3, 0.4) is 0 Å². The van der Waals surface area contributed by atoms with E-state index in [4.69, 9.17) is 4.74 Å². The first-order valence-electron chi connectivity index (χ1n) is 10.9. The van der Waals surface area contributed by atoms with Crippen molar-refractivity contribution in [3.05, 3.63) is 36.4 Å². The fourth-order valence-corrected chi connectivity index (χ4v) is 3.49. The number of nitrogens with one attached hydrogen (secondary N) is 2. The number of rotatable bonds is 10. The minimum absolute atomic E-state index is 0.137. The number of carbonyl (C=O) groups excluding carboxylic acids is 3. The predicted molar refractivity (Wildman–Crippen MR) is 122 cm³/mol. The molecule has 0 saturated heterocycles. The number of hydrogen-bond acceptors (Lipinski definition) is 5. The van der Waals surface area contributed by atoms with Crippen molar-refractivity contribution in [2.45, 2.75) is 66.0 Å². The molecule has 0 aliphatic heterocycles. The maximum Gasteiger partial charge on any atom is 0.408 e. The van der Waals surface area contributed by atoms with Crippen LogP contribution in [0, 0.1) is 11.8 Å². The molecule has 7 heteroatoms. The van der Waals surface area contributed by atoms with E-state index < -0.39 is 23.8 Å². The third-order valence-electron chi connectivity index (χ3n) is 5.08. The molecule has 0 aliphatic rings. The first-order chi connectivity index (χ1) is 14.7. The number of alkyl carbamates (subject to hydrolysis) is 1. The highest BCUT2D eigenvalue weighted by atomic mass is 16.6. The van der Waals surface area contributed by atoms with Gasteiger partial charge in [-0.15, -0.1) is 0 Å². The smallest absolute Gasteiger partial charge is 0.408 e. The van der Waals surface area contributed by atoms with E-state index in [1.165, 1.54) is 0 Å². The van der Waals surface area contributed by atoms with Crippen molar-refractivity contribution in [2.24, 2.45) is 11.8 Å². The number of ketones is 1. The van der Waals surface area contributed by atoms with E-state index in [9.17, 15) is 14.4 Å². The first-order valence-corrected chi connectivity index (χ1v) is 10.9. The molecule has 168 valence electrons. The van der Waals surface area contributed by atoms with Crippen LogP contribution in [0.25, 0.3) is 10.9 Å². The Kier molecular flexibility index (Phi) is 8.97. The zero-order chi connectivity index (χ0) is 23.0. The number of fused-ring (bicyclic) bond motifs is 1. The molecule has 2 amide bonds. The van der Waals surface area contributed by atoms with Crippen molar-refractivity contribution in [2.75, 3.05) is 5.32 Å². The van der Waals surface area contributed by atoms with Crippen molar-refractivity contribution in [1.82, 2.24) is 10.3 Å². The first kappa shape index (κ1) is 24.3. The van der Waals surface area contributed by atoms with Crippen molar-refractivity contribution >= 4 is 34.5 Å². The Morgan fingerprint density at radius 3 is 2.32 bits per heavy atom. The molecule has 0 radical (unpaired) electrons. The lowest BCUT2D eigenvalue weighted by molar-refractivity contribution is -0.136. The van der Waals surface area contributed by atoms with Crippen LogP contribution in [0.1, 0.15) is 53.9 Å². The van der Waals surface area contributed by atoms with Crippen LogP contribution in [0.5, 0.6) is 0 Å². The Labute approximate surface area is 184 Å². The molecule has 2 aromatic rings. The van der Waals surface area contributed by atoms with Gasteiger partial charge in [0.25, 0.3) is 5.91 Å². The molecule has 1 atom stereocenters. The molecule has 7 nitrogen and oxygen atoms in total. The van der Waals surface area contributed by atoms with Crippen molar-refractivity contribution in [3.63, 3.8) is 0 Å². The second-order valence-corrected chi connectivity index (χ2v) is 8.40. The minimum Gasteiger partial charge on any atom is -0.446 e. The van der Waals surface area contributed by atoms with Gasteiger partial charge in [-0.3, -0.25) is 9.59 Å². The molecule has 1 heterocycles. The fourth-order valence-electron chi connectivity index (χ4n) is 3.49. The summed E-state index contributed by atoms with van der Waals surface area (Å²) < 4.78 is 5.53. The molecule has 1 aromatic carbocycles. The molecule has 0 unspecified atom stereocenters. The van der Waals surface area contributed by atoms with Gasteiger partial charge in [-0.1, -0.05) is 65.7 Å². The molecule has 0 saturated carbocycles. The Balaban J connectivity index is 2.07. The number of hydrogen-bond donors (Lipinski definition) is 2. The minimum atomic E-state index is -0.951. The summed E-state index contributed by atoms with van der Waals surface area (Å²) in [6.07, 6.45) is 0.915. The standard InChI is InChI=1S/C24H33N3O4/c1-6-7-11-19(26-24(30)31-22(15(2)3)16(4)5)21(28)23(29)27-20-14-13-17-10-8-9-12-18(17)25-20/h8-10,12-16,19,22H,6-7,11H2,1-5H3,(H,26,30)(H,25,27,29)/t19-/m0/s1. The predicted octanol–water partition coefficient (Wildman–Crippen LogP) is 4.71. The van der Waals surface area contributed by atoms with Crippen molar-refractivity contribution in [3.8, 4) is 0 Å². The van der Waals surface area contributed by atoms with Gasteiger partial charge < -0.3 is 15.4 Å². The van der Waals surface area contributed by atoms with Crippen LogP contribution in [0.15, 0.2) is 36.4 Å². The van der Waals surface area contributed by atoms with Gasteiger partial charge in [-0.05, 0) is 36.5 Å². The van der Waals surface area contributed by atoms with E-state index in [2.05, 4.69) is 15.6 Å². The number of carbonyl (C=O) groups is 3. The molecular weight excluding hydrogens is 394 g/mol. The summed E-state index contributed by atoms with van der Waals surface area (Å²) in [5.41, 5.74) is 0.713. The maximum absolute atomic E-state index is 12.8. The number of pyridine rings is 1. The van der Waals surface area contributed by atoms with Crippen LogP contribution in [-0.4, -0.2) is 34.9 Å². The summed E-state index contributed by atoms with van der Waals surface area (Å²) in [4.78, 5) is 42.2. The normalized spacial score (nSPS) is 12.3. The molecule has 0 fully saturated rings. The summed E-state index contributed by atoms with van der Waals surface area (Å²) in [6.45, 7) is 9.87. The lowest BCUT2D eigenvalue weighted by Crippen LogP contribution is -2.47. The number of benzene rings is 1. The van der Waals surface area contributed by atoms with E-state index in [1.54, 1.807) is 6.07 Å². The monoisotopic (exact) mass is 427 g/mol. The van der Waals surface area contributed by atoms with Gasteiger partial charge in [-0.25, -0.2) is 9.78 Å². The number of Topliss-reactive ketones (excluding diaryl/α,β-unsaturated/α-hetero) is 1. The Bertz CT molecular complexity index is 903. The van der Waals surface area contributed by atoms with Gasteiger partial charge in [0.15, 0.2) is 0 Å². The number of nitrogens with zero attached hydrogens (tertiary/aromatic N) is 1. The second-order valence-electron chi connectivity index (χ2n) is 8.40.